The summed E-state index contributed by atoms with van der Waals surface area (Å²) in [4.78, 5) is 7.06. The molecule has 196 valence electrons. The Balaban J connectivity index is 1.48. The van der Waals surface area contributed by atoms with Gasteiger partial charge in [0.05, 0.1) is 16.7 Å². The molecule has 1 N–H and O–H groups in total. The molecule has 0 spiro atoms. The van der Waals surface area contributed by atoms with Gasteiger partial charge in [0.2, 0.25) is 18.0 Å². The molecule has 3 heterocycles. The van der Waals surface area contributed by atoms with E-state index in [-0.39, 0.29) is 28.9 Å². The van der Waals surface area contributed by atoms with Gasteiger partial charge in [-0.05, 0) is 29.4 Å². The number of halogens is 8. The minimum absolute atomic E-state index is 0.0224. The van der Waals surface area contributed by atoms with Crippen molar-refractivity contribution in [3.8, 4) is 22.6 Å². The normalized spacial score (nSPS) is 13.3. The van der Waals surface area contributed by atoms with E-state index in [1.807, 2.05) is 0 Å². The van der Waals surface area contributed by atoms with Crippen molar-refractivity contribution in [1.29, 1.82) is 0 Å². The van der Waals surface area contributed by atoms with E-state index in [4.69, 9.17) is 4.52 Å². The number of rotatable bonds is 4. The second-order valence-electron chi connectivity index (χ2n) is 8.29. The Kier molecular flexibility index (Phi) is 5.92. The smallest absolute Gasteiger partial charge is 0.354 e. The average Bonchev–Trinajstić information content (AvgIpc) is 3.51. The summed E-state index contributed by atoms with van der Waals surface area (Å²) >= 11 is 0. The van der Waals surface area contributed by atoms with Gasteiger partial charge in [-0.25, -0.2) is 13.8 Å². The highest BCUT2D eigenvalue weighted by atomic mass is 19.4. The van der Waals surface area contributed by atoms with E-state index >= 15 is 0 Å². The minimum Gasteiger partial charge on any atom is -0.354 e. The number of H-pyrrole nitrogens is 1. The van der Waals surface area contributed by atoms with Crippen molar-refractivity contribution in [2.75, 3.05) is 0 Å². The lowest BCUT2D eigenvalue weighted by molar-refractivity contribution is -0.766. The lowest BCUT2D eigenvalue weighted by atomic mass is 10.00. The van der Waals surface area contributed by atoms with Gasteiger partial charge in [0.25, 0.3) is 0 Å². The quantitative estimate of drug-likeness (QED) is 0.209. The summed E-state index contributed by atoms with van der Waals surface area (Å²) in [5.41, 5.74) is -3.26. The maximum Gasteiger partial charge on any atom is 0.417 e. The molecule has 6 nitrogen and oxygen atoms in total. The molecule has 38 heavy (non-hydrogen) atoms. The predicted octanol–water partition coefficient (Wildman–Crippen LogP) is 6.49. The van der Waals surface area contributed by atoms with Crippen LogP contribution in [0.1, 0.15) is 29.9 Å². The average molecular weight is 540 g/mol. The SMILES string of the molecule is CC(c1cc(-c2ccc(C(F)(F)F)cc2C(F)(F)F)no1)[n+]1cc2[nH]c(-c3cccc(F)c3F)nc2cn1. The number of nitrogens with one attached hydrogen (secondary N) is 1. The van der Waals surface area contributed by atoms with Crippen LogP contribution < -0.4 is 4.68 Å². The Labute approximate surface area is 207 Å². The second kappa shape index (κ2) is 8.89. The highest BCUT2D eigenvalue weighted by Gasteiger charge is 2.39. The third kappa shape index (κ3) is 4.57. The van der Waals surface area contributed by atoms with E-state index in [1.165, 1.54) is 35.3 Å². The summed E-state index contributed by atoms with van der Waals surface area (Å²) in [6, 6.07) is 5.30. The first-order valence-electron chi connectivity index (χ1n) is 10.8. The zero-order valence-electron chi connectivity index (χ0n) is 19.0. The molecule has 0 aliphatic carbocycles. The Morgan fingerprint density at radius 2 is 1.71 bits per heavy atom. The standard InChI is InChI=1S/C24H13F8N5O/c1-11(37-10-19-18(9-33-37)34-22(35-19)14-3-2-4-16(25)21(14)26)20-8-17(36-38-20)13-6-5-12(23(27,28)29)7-15(13)24(30,31)32/h2-11H,1H3/p+1. The van der Waals surface area contributed by atoms with Crippen LogP contribution in [-0.2, 0) is 12.4 Å². The summed E-state index contributed by atoms with van der Waals surface area (Å²) < 4.78 is 114. The van der Waals surface area contributed by atoms with Crippen LogP contribution in [0.15, 0.2) is 59.4 Å². The largest absolute Gasteiger partial charge is 0.417 e. The molecule has 1 unspecified atom stereocenters. The summed E-state index contributed by atoms with van der Waals surface area (Å²) in [7, 11) is 0. The Hall–Kier alpha value is -4.36. The van der Waals surface area contributed by atoms with Crippen LogP contribution in [-0.4, -0.2) is 20.2 Å². The number of aromatic nitrogens is 5. The predicted molar refractivity (Wildman–Crippen MR) is 115 cm³/mol. The molecule has 0 amide bonds. The van der Waals surface area contributed by atoms with E-state index in [0.29, 0.717) is 23.2 Å². The van der Waals surface area contributed by atoms with Gasteiger partial charge in [-0.1, -0.05) is 22.0 Å². The first kappa shape index (κ1) is 25.3. The van der Waals surface area contributed by atoms with Crippen LogP contribution in [0.2, 0.25) is 0 Å². The third-order valence-corrected chi connectivity index (χ3v) is 5.81. The van der Waals surface area contributed by atoms with Gasteiger partial charge in [0.15, 0.2) is 11.6 Å². The molecule has 0 fully saturated rings. The zero-order chi connectivity index (χ0) is 27.4. The maximum absolute atomic E-state index is 14.2. The molecular weight excluding hydrogens is 526 g/mol. The molecule has 0 aliphatic rings. The summed E-state index contributed by atoms with van der Waals surface area (Å²) in [6.45, 7) is 1.59. The molecule has 2 aromatic carbocycles. The van der Waals surface area contributed by atoms with Gasteiger partial charge in [0, 0.05) is 18.6 Å². The van der Waals surface area contributed by atoms with Crippen LogP contribution in [0.4, 0.5) is 35.1 Å². The molecule has 0 saturated heterocycles. The Bertz CT molecular complexity index is 1650. The van der Waals surface area contributed by atoms with Gasteiger partial charge < -0.3 is 9.51 Å². The molecule has 1 atom stereocenters. The number of imidazole rings is 1. The number of fused-ring (bicyclic) bond motifs is 1. The van der Waals surface area contributed by atoms with Gasteiger partial charge in [0.1, 0.15) is 28.7 Å². The lowest BCUT2D eigenvalue weighted by Gasteiger charge is -2.14. The van der Waals surface area contributed by atoms with Crippen LogP contribution >= 0.6 is 0 Å². The first-order chi connectivity index (χ1) is 17.8. The lowest BCUT2D eigenvalue weighted by Crippen LogP contribution is -2.41. The third-order valence-electron chi connectivity index (χ3n) is 5.81. The fraction of sp³-hybridized carbons (Fsp3) is 0.167. The molecule has 3 aromatic heterocycles. The Morgan fingerprint density at radius 1 is 0.947 bits per heavy atom. The zero-order valence-corrected chi connectivity index (χ0v) is 19.0. The van der Waals surface area contributed by atoms with Crippen LogP contribution in [0, 0.1) is 11.6 Å². The van der Waals surface area contributed by atoms with Crippen molar-refractivity contribution < 1.29 is 44.3 Å². The second-order valence-corrected chi connectivity index (χ2v) is 8.29. The van der Waals surface area contributed by atoms with Gasteiger partial charge in [-0.3, -0.25) is 0 Å². The van der Waals surface area contributed by atoms with Crippen LogP contribution in [0.25, 0.3) is 33.7 Å². The van der Waals surface area contributed by atoms with Crippen LogP contribution in [0.5, 0.6) is 0 Å². The minimum atomic E-state index is -5.08. The molecule has 0 radical (unpaired) electrons. The molecule has 14 heteroatoms. The highest BCUT2D eigenvalue weighted by molar-refractivity contribution is 5.77. The number of aromatic amines is 1. The first-order valence-corrected chi connectivity index (χ1v) is 10.8. The summed E-state index contributed by atoms with van der Waals surface area (Å²) in [5.74, 6) is -2.03. The van der Waals surface area contributed by atoms with Crippen molar-refractivity contribution >= 4 is 11.0 Å². The topological polar surface area (TPSA) is 71.5 Å². The number of nitrogens with zero attached hydrogens (tertiary/aromatic N) is 4. The Morgan fingerprint density at radius 3 is 2.42 bits per heavy atom. The van der Waals surface area contributed by atoms with E-state index < -0.39 is 46.7 Å². The van der Waals surface area contributed by atoms with Gasteiger partial charge in [-0.2, -0.15) is 26.3 Å². The number of benzene rings is 2. The molecule has 5 aromatic rings. The van der Waals surface area contributed by atoms with Gasteiger partial charge in [-0.15, -0.1) is 0 Å². The van der Waals surface area contributed by atoms with E-state index in [1.54, 1.807) is 6.92 Å². The van der Waals surface area contributed by atoms with Crippen molar-refractivity contribution in [3.05, 3.63) is 83.4 Å². The number of hydrogen-bond acceptors (Lipinski definition) is 4. The fourth-order valence-electron chi connectivity index (χ4n) is 3.83. The van der Waals surface area contributed by atoms with Crippen LogP contribution in [0.3, 0.4) is 0 Å². The molecule has 0 bridgehead atoms. The maximum atomic E-state index is 14.2. The van der Waals surface area contributed by atoms with Crippen molar-refractivity contribution in [3.63, 3.8) is 0 Å². The van der Waals surface area contributed by atoms with Crippen molar-refractivity contribution in [2.45, 2.75) is 25.3 Å². The van der Waals surface area contributed by atoms with E-state index in [9.17, 15) is 35.1 Å². The van der Waals surface area contributed by atoms with E-state index in [2.05, 4.69) is 20.2 Å². The summed E-state index contributed by atoms with van der Waals surface area (Å²) in [5, 5.41) is 7.81. The monoisotopic (exact) mass is 540 g/mol. The highest BCUT2D eigenvalue weighted by Crippen LogP contribution is 2.41. The van der Waals surface area contributed by atoms with E-state index in [0.717, 1.165) is 6.07 Å². The summed E-state index contributed by atoms with van der Waals surface area (Å²) in [6.07, 6.45) is -7.24. The molecule has 5 rings (SSSR count). The van der Waals surface area contributed by atoms with Crippen molar-refractivity contribution in [2.24, 2.45) is 0 Å². The van der Waals surface area contributed by atoms with Crippen molar-refractivity contribution in [1.82, 2.24) is 20.2 Å². The molecule has 0 aliphatic heterocycles. The molecular formula is C24H14F8N5O+. The number of hydrogen-bond donors (Lipinski definition) is 1. The molecule has 0 saturated carbocycles. The van der Waals surface area contributed by atoms with Gasteiger partial charge >= 0.3 is 12.4 Å². The number of alkyl halides is 6. The fourth-order valence-corrected chi connectivity index (χ4v) is 3.83.